The molecular formula is C20H15ClFNO4S. The first-order chi connectivity index (χ1) is 13.4. The fourth-order valence-corrected chi connectivity index (χ4v) is 3.29. The predicted octanol–water partition coefficient (Wildman–Crippen LogP) is 4.86. The Morgan fingerprint density at radius 2 is 1.79 bits per heavy atom. The van der Waals surface area contributed by atoms with Crippen LogP contribution in [-0.4, -0.2) is 23.3 Å². The maximum Gasteiger partial charge on any atom is 0.350 e. The molecule has 0 aliphatic rings. The Labute approximate surface area is 169 Å². The molecule has 0 unspecified atom stereocenters. The lowest BCUT2D eigenvalue weighted by atomic mass is 10.1. The molecule has 0 aliphatic heterocycles. The summed E-state index contributed by atoms with van der Waals surface area (Å²) < 4.78 is 23.5. The van der Waals surface area contributed by atoms with Crippen LogP contribution in [-0.2, 0) is 11.3 Å². The lowest BCUT2D eigenvalue weighted by molar-refractivity contribution is 0.0478. The van der Waals surface area contributed by atoms with Crippen LogP contribution in [0.25, 0.3) is 0 Å². The molecule has 0 aliphatic carbocycles. The molecule has 0 N–H and O–H groups in total. The molecule has 0 saturated carbocycles. The van der Waals surface area contributed by atoms with Crippen molar-refractivity contribution in [1.82, 2.24) is 4.98 Å². The van der Waals surface area contributed by atoms with Gasteiger partial charge in [0, 0.05) is 10.6 Å². The van der Waals surface area contributed by atoms with Gasteiger partial charge < -0.3 is 9.47 Å². The smallest absolute Gasteiger partial charge is 0.350 e. The highest BCUT2D eigenvalue weighted by Crippen LogP contribution is 2.21. The van der Waals surface area contributed by atoms with E-state index in [1.54, 1.807) is 31.2 Å². The van der Waals surface area contributed by atoms with Gasteiger partial charge in [0.2, 0.25) is 0 Å². The van der Waals surface area contributed by atoms with Crippen molar-refractivity contribution in [3.63, 3.8) is 0 Å². The highest BCUT2D eigenvalue weighted by Gasteiger charge is 2.18. The molecule has 1 aromatic heterocycles. The molecule has 2 aromatic carbocycles. The van der Waals surface area contributed by atoms with Crippen LogP contribution in [0.3, 0.4) is 0 Å². The van der Waals surface area contributed by atoms with Gasteiger partial charge in [-0.25, -0.2) is 14.2 Å². The molecule has 0 spiro atoms. The number of carbonyl (C=O) groups is 2. The van der Waals surface area contributed by atoms with Gasteiger partial charge in [0.05, 0.1) is 5.69 Å². The Morgan fingerprint density at radius 3 is 2.46 bits per heavy atom. The van der Waals surface area contributed by atoms with Gasteiger partial charge >= 0.3 is 5.97 Å². The zero-order valence-corrected chi connectivity index (χ0v) is 16.3. The van der Waals surface area contributed by atoms with Crippen molar-refractivity contribution >= 4 is 34.7 Å². The highest BCUT2D eigenvalue weighted by atomic mass is 35.5. The maximum absolute atomic E-state index is 12.9. The standard InChI is InChI=1S/C20H15ClFNO4S/c1-12-19(20(25)27-10-17(24)13-2-4-14(21)5-3-13)28-18(23-12)11-26-16-8-6-15(22)7-9-16/h2-9H,10-11H2,1H3. The Morgan fingerprint density at radius 1 is 1.11 bits per heavy atom. The van der Waals surface area contributed by atoms with Crippen molar-refractivity contribution in [2.75, 3.05) is 6.61 Å². The van der Waals surface area contributed by atoms with E-state index in [0.29, 0.717) is 31.9 Å². The number of ether oxygens (including phenoxy) is 2. The second-order valence-corrected chi connectivity index (χ2v) is 7.29. The Hall–Kier alpha value is -2.77. The average molecular weight is 420 g/mol. The zero-order valence-electron chi connectivity index (χ0n) is 14.8. The molecule has 0 fully saturated rings. The van der Waals surface area contributed by atoms with Crippen LogP contribution in [0, 0.1) is 12.7 Å². The number of Topliss-reactive ketones (excluding diaryl/α,β-unsaturated/α-hetero) is 1. The fraction of sp³-hybridized carbons (Fsp3) is 0.150. The number of ketones is 1. The summed E-state index contributed by atoms with van der Waals surface area (Å²) in [7, 11) is 0. The minimum atomic E-state index is -0.620. The highest BCUT2D eigenvalue weighted by molar-refractivity contribution is 7.13. The molecule has 1 heterocycles. The molecule has 3 rings (SSSR count). The van der Waals surface area contributed by atoms with Crippen LogP contribution >= 0.6 is 22.9 Å². The summed E-state index contributed by atoms with van der Waals surface area (Å²) in [5.41, 5.74) is 0.901. The Balaban J connectivity index is 1.57. The van der Waals surface area contributed by atoms with Crippen LogP contribution in [0.5, 0.6) is 5.75 Å². The molecular weight excluding hydrogens is 405 g/mol. The van der Waals surface area contributed by atoms with Crippen molar-refractivity contribution in [3.8, 4) is 5.75 Å². The fourth-order valence-electron chi connectivity index (χ4n) is 2.30. The second kappa shape index (κ2) is 8.95. The maximum atomic E-state index is 12.9. The SMILES string of the molecule is Cc1nc(COc2ccc(F)cc2)sc1C(=O)OCC(=O)c1ccc(Cl)cc1. The molecule has 28 heavy (non-hydrogen) atoms. The number of hydrogen-bond donors (Lipinski definition) is 0. The third-order valence-corrected chi connectivity index (χ3v) is 5.07. The number of hydrogen-bond acceptors (Lipinski definition) is 6. The Bertz CT molecular complexity index is 986. The van der Waals surface area contributed by atoms with E-state index < -0.39 is 5.97 Å². The third kappa shape index (κ3) is 5.15. The first-order valence-electron chi connectivity index (χ1n) is 8.23. The van der Waals surface area contributed by atoms with E-state index >= 15 is 0 Å². The number of halogens is 2. The molecule has 0 saturated heterocycles. The lowest BCUT2D eigenvalue weighted by Gasteiger charge is -2.04. The number of nitrogens with zero attached hydrogens (tertiary/aromatic N) is 1. The number of aryl methyl sites for hydroxylation is 1. The molecule has 3 aromatic rings. The summed E-state index contributed by atoms with van der Waals surface area (Å²) >= 11 is 6.91. The van der Waals surface area contributed by atoms with Crippen LogP contribution in [0.1, 0.15) is 30.7 Å². The van der Waals surface area contributed by atoms with E-state index in [0.717, 1.165) is 11.3 Å². The number of rotatable bonds is 7. The molecule has 0 bridgehead atoms. The first kappa shape index (κ1) is 20.0. The van der Waals surface area contributed by atoms with Gasteiger partial charge in [-0.2, -0.15) is 0 Å². The minimum absolute atomic E-state index is 0.133. The van der Waals surface area contributed by atoms with Gasteiger partial charge in [-0.15, -0.1) is 11.3 Å². The van der Waals surface area contributed by atoms with E-state index in [4.69, 9.17) is 21.1 Å². The van der Waals surface area contributed by atoms with Crippen molar-refractivity contribution in [3.05, 3.63) is 80.5 Å². The number of benzene rings is 2. The summed E-state index contributed by atoms with van der Waals surface area (Å²) in [6.07, 6.45) is 0. The molecule has 0 amide bonds. The molecule has 5 nitrogen and oxygen atoms in total. The number of aromatic nitrogens is 1. The van der Waals surface area contributed by atoms with Gasteiger partial charge in [0.15, 0.2) is 12.4 Å². The molecule has 0 atom stereocenters. The van der Waals surface area contributed by atoms with Crippen molar-refractivity contribution < 1.29 is 23.5 Å². The summed E-state index contributed by atoms with van der Waals surface area (Å²) in [5, 5.41) is 1.09. The van der Waals surface area contributed by atoms with Crippen molar-refractivity contribution in [2.45, 2.75) is 13.5 Å². The van der Waals surface area contributed by atoms with Gasteiger partial charge in [-0.05, 0) is 55.5 Å². The van der Waals surface area contributed by atoms with E-state index in [-0.39, 0.29) is 24.8 Å². The van der Waals surface area contributed by atoms with Crippen molar-refractivity contribution in [2.24, 2.45) is 0 Å². The minimum Gasteiger partial charge on any atom is -0.486 e. The van der Waals surface area contributed by atoms with Gasteiger partial charge in [0.1, 0.15) is 28.1 Å². The Kier molecular flexibility index (Phi) is 6.38. The molecule has 144 valence electrons. The largest absolute Gasteiger partial charge is 0.486 e. The van der Waals surface area contributed by atoms with Gasteiger partial charge in [-0.3, -0.25) is 4.79 Å². The van der Waals surface area contributed by atoms with E-state index in [1.165, 1.54) is 24.3 Å². The van der Waals surface area contributed by atoms with Crippen LogP contribution in [0.2, 0.25) is 5.02 Å². The average Bonchev–Trinajstić information content (AvgIpc) is 3.06. The first-order valence-corrected chi connectivity index (χ1v) is 9.42. The van der Waals surface area contributed by atoms with E-state index in [2.05, 4.69) is 4.98 Å². The quantitative estimate of drug-likeness (QED) is 0.404. The molecule has 8 heteroatoms. The molecule has 0 radical (unpaired) electrons. The normalized spacial score (nSPS) is 10.5. The second-order valence-electron chi connectivity index (χ2n) is 5.77. The summed E-state index contributed by atoms with van der Waals surface area (Å²) in [6.45, 7) is 1.43. The third-order valence-electron chi connectivity index (χ3n) is 3.70. The zero-order chi connectivity index (χ0) is 20.1. The summed E-state index contributed by atoms with van der Waals surface area (Å²) in [4.78, 5) is 28.9. The summed E-state index contributed by atoms with van der Waals surface area (Å²) in [5.74, 6) is -0.806. The number of thiazole rings is 1. The van der Waals surface area contributed by atoms with Crippen molar-refractivity contribution in [1.29, 1.82) is 0 Å². The van der Waals surface area contributed by atoms with Crippen LogP contribution in [0.4, 0.5) is 4.39 Å². The van der Waals surface area contributed by atoms with Gasteiger partial charge in [-0.1, -0.05) is 11.6 Å². The van der Waals surface area contributed by atoms with Crippen LogP contribution in [0.15, 0.2) is 48.5 Å². The van der Waals surface area contributed by atoms with Gasteiger partial charge in [0.25, 0.3) is 0 Å². The topological polar surface area (TPSA) is 65.5 Å². The van der Waals surface area contributed by atoms with E-state index in [1.807, 2.05) is 0 Å². The summed E-state index contributed by atoms with van der Waals surface area (Å²) in [6, 6.07) is 11.9. The monoisotopic (exact) mass is 419 g/mol. The predicted molar refractivity (Wildman–Crippen MR) is 104 cm³/mol. The number of esters is 1. The van der Waals surface area contributed by atoms with E-state index in [9.17, 15) is 14.0 Å². The lowest BCUT2D eigenvalue weighted by Crippen LogP contribution is -2.14. The number of carbonyl (C=O) groups excluding carboxylic acids is 2. The van der Waals surface area contributed by atoms with Crippen LogP contribution < -0.4 is 4.74 Å².